The second-order valence-corrected chi connectivity index (χ2v) is 5.18. The minimum Gasteiger partial charge on any atom is -0.383 e. The van der Waals surface area contributed by atoms with Gasteiger partial charge in [-0.3, -0.25) is 4.90 Å². The van der Waals surface area contributed by atoms with Crippen LogP contribution in [0.25, 0.3) is 0 Å². The van der Waals surface area contributed by atoms with Crippen LogP contribution in [0.15, 0.2) is 24.3 Å². The first-order chi connectivity index (χ1) is 7.72. The van der Waals surface area contributed by atoms with Crippen LogP contribution in [0.3, 0.4) is 0 Å². The first-order valence-electron chi connectivity index (χ1n) is 6.24. The standard InChI is InChI=1S/C14H19NO/c1-11-5-2-3-6-12(11)14(16)8-10-15-9-4-7-13(14)15/h2-3,5-6,13,16H,4,7-10H2,1H3. The quantitative estimate of drug-likeness (QED) is 0.778. The summed E-state index contributed by atoms with van der Waals surface area (Å²) in [5.41, 5.74) is 1.77. The molecule has 1 N–H and O–H groups in total. The number of benzene rings is 1. The predicted octanol–water partition coefficient (Wildman–Crippen LogP) is 2.05. The SMILES string of the molecule is Cc1ccccc1C1(O)CCN2CCCC21. The Morgan fingerprint density at radius 3 is 2.94 bits per heavy atom. The van der Waals surface area contributed by atoms with E-state index in [9.17, 15) is 5.11 Å². The zero-order valence-corrected chi connectivity index (χ0v) is 9.82. The van der Waals surface area contributed by atoms with Gasteiger partial charge in [0.2, 0.25) is 0 Å². The van der Waals surface area contributed by atoms with Crippen LogP contribution < -0.4 is 0 Å². The smallest absolute Gasteiger partial charge is 0.107 e. The Morgan fingerprint density at radius 2 is 2.12 bits per heavy atom. The molecule has 2 nitrogen and oxygen atoms in total. The second-order valence-electron chi connectivity index (χ2n) is 5.18. The molecule has 2 unspecified atom stereocenters. The van der Waals surface area contributed by atoms with Crippen LogP contribution >= 0.6 is 0 Å². The van der Waals surface area contributed by atoms with E-state index in [-0.39, 0.29) is 0 Å². The summed E-state index contributed by atoms with van der Waals surface area (Å²) in [6.45, 7) is 4.32. The number of hydrogen-bond donors (Lipinski definition) is 1. The van der Waals surface area contributed by atoms with E-state index in [0.717, 1.165) is 24.9 Å². The molecule has 0 amide bonds. The number of aryl methyl sites for hydroxylation is 1. The third kappa shape index (κ3) is 1.33. The average Bonchev–Trinajstić information content (AvgIpc) is 2.84. The summed E-state index contributed by atoms with van der Waals surface area (Å²) < 4.78 is 0. The molecule has 0 aromatic heterocycles. The van der Waals surface area contributed by atoms with Crippen LogP contribution in [-0.2, 0) is 5.60 Å². The lowest BCUT2D eigenvalue weighted by Crippen LogP contribution is -2.39. The Kier molecular flexibility index (Phi) is 2.30. The highest BCUT2D eigenvalue weighted by Gasteiger charge is 2.49. The first-order valence-corrected chi connectivity index (χ1v) is 6.24. The van der Waals surface area contributed by atoms with Gasteiger partial charge in [-0.1, -0.05) is 24.3 Å². The van der Waals surface area contributed by atoms with E-state index in [1.165, 1.54) is 18.5 Å². The molecule has 2 fully saturated rings. The molecule has 1 aromatic rings. The summed E-state index contributed by atoms with van der Waals surface area (Å²) in [5.74, 6) is 0. The van der Waals surface area contributed by atoms with Gasteiger partial charge in [-0.2, -0.15) is 0 Å². The number of nitrogens with zero attached hydrogens (tertiary/aromatic N) is 1. The van der Waals surface area contributed by atoms with E-state index in [4.69, 9.17) is 0 Å². The normalized spacial score (nSPS) is 34.2. The Labute approximate surface area is 96.9 Å². The molecule has 2 heteroatoms. The van der Waals surface area contributed by atoms with Crippen molar-refractivity contribution >= 4 is 0 Å². The van der Waals surface area contributed by atoms with Gasteiger partial charge >= 0.3 is 0 Å². The molecule has 16 heavy (non-hydrogen) atoms. The van der Waals surface area contributed by atoms with Crippen molar-refractivity contribution in [3.05, 3.63) is 35.4 Å². The fourth-order valence-electron chi connectivity index (χ4n) is 3.49. The molecule has 1 aromatic carbocycles. The molecule has 2 aliphatic rings. The molecular weight excluding hydrogens is 198 g/mol. The topological polar surface area (TPSA) is 23.5 Å². The third-order valence-corrected chi connectivity index (χ3v) is 4.31. The van der Waals surface area contributed by atoms with Gasteiger partial charge in [0.1, 0.15) is 5.60 Å². The largest absolute Gasteiger partial charge is 0.383 e. The molecule has 86 valence electrons. The predicted molar refractivity (Wildman–Crippen MR) is 64.3 cm³/mol. The third-order valence-electron chi connectivity index (χ3n) is 4.31. The molecule has 0 spiro atoms. The fraction of sp³-hybridized carbons (Fsp3) is 0.571. The maximum atomic E-state index is 11.0. The zero-order chi connectivity index (χ0) is 11.2. The molecule has 0 radical (unpaired) electrons. The van der Waals surface area contributed by atoms with Crippen molar-refractivity contribution in [2.75, 3.05) is 13.1 Å². The zero-order valence-electron chi connectivity index (χ0n) is 9.82. The molecular formula is C14H19NO. The molecule has 2 heterocycles. The van der Waals surface area contributed by atoms with Gasteiger partial charge in [-0.25, -0.2) is 0 Å². The van der Waals surface area contributed by atoms with Crippen molar-refractivity contribution in [3.8, 4) is 0 Å². The van der Waals surface area contributed by atoms with Gasteiger partial charge in [0.25, 0.3) is 0 Å². The lowest BCUT2D eigenvalue weighted by molar-refractivity contribution is 0.00883. The van der Waals surface area contributed by atoms with E-state index < -0.39 is 5.60 Å². The summed E-state index contributed by atoms with van der Waals surface area (Å²) in [6, 6.07) is 8.64. The van der Waals surface area contributed by atoms with Crippen molar-refractivity contribution in [2.45, 2.75) is 37.8 Å². The fourth-order valence-corrected chi connectivity index (χ4v) is 3.49. The minimum absolute atomic E-state index is 0.355. The van der Waals surface area contributed by atoms with Crippen LogP contribution in [0.5, 0.6) is 0 Å². The Bertz CT molecular complexity index is 403. The summed E-state index contributed by atoms with van der Waals surface area (Å²) in [5, 5.41) is 11.0. The van der Waals surface area contributed by atoms with E-state index in [0.29, 0.717) is 6.04 Å². The Morgan fingerprint density at radius 1 is 1.31 bits per heavy atom. The maximum Gasteiger partial charge on any atom is 0.107 e. The molecule has 0 bridgehead atoms. The Hall–Kier alpha value is -0.860. The monoisotopic (exact) mass is 217 g/mol. The van der Waals surface area contributed by atoms with Crippen LogP contribution in [0.2, 0.25) is 0 Å². The number of hydrogen-bond acceptors (Lipinski definition) is 2. The molecule has 0 aliphatic carbocycles. The van der Waals surface area contributed by atoms with Crippen molar-refractivity contribution in [3.63, 3.8) is 0 Å². The summed E-state index contributed by atoms with van der Waals surface area (Å²) in [7, 11) is 0. The number of rotatable bonds is 1. The highest BCUT2D eigenvalue weighted by atomic mass is 16.3. The second kappa shape index (κ2) is 3.57. The van der Waals surface area contributed by atoms with Crippen LogP contribution in [0.1, 0.15) is 30.4 Å². The van der Waals surface area contributed by atoms with Crippen LogP contribution in [0, 0.1) is 6.92 Å². The maximum absolute atomic E-state index is 11.0. The van der Waals surface area contributed by atoms with Gasteiger partial charge in [0.15, 0.2) is 0 Å². The van der Waals surface area contributed by atoms with E-state index in [1.807, 2.05) is 12.1 Å². The number of aliphatic hydroxyl groups is 1. The minimum atomic E-state index is -0.595. The first kappa shape index (κ1) is 10.3. The van der Waals surface area contributed by atoms with Gasteiger partial charge in [-0.05, 0) is 43.9 Å². The molecule has 2 aliphatic heterocycles. The lowest BCUT2D eigenvalue weighted by atomic mass is 9.83. The van der Waals surface area contributed by atoms with E-state index >= 15 is 0 Å². The highest BCUT2D eigenvalue weighted by Crippen LogP contribution is 2.43. The van der Waals surface area contributed by atoms with Gasteiger partial charge in [0.05, 0.1) is 0 Å². The molecule has 2 atom stereocenters. The van der Waals surface area contributed by atoms with Crippen molar-refractivity contribution in [1.82, 2.24) is 4.90 Å². The summed E-state index contributed by atoms with van der Waals surface area (Å²) in [4.78, 5) is 2.45. The molecule has 3 rings (SSSR count). The average molecular weight is 217 g/mol. The van der Waals surface area contributed by atoms with Gasteiger partial charge in [-0.15, -0.1) is 0 Å². The summed E-state index contributed by atoms with van der Waals surface area (Å²) >= 11 is 0. The van der Waals surface area contributed by atoms with E-state index in [1.54, 1.807) is 0 Å². The van der Waals surface area contributed by atoms with E-state index in [2.05, 4.69) is 24.0 Å². The van der Waals surface area contributed by atoms with Crippen LogP contribution in [0.4, 0.5) is 0 Å². The van der Waals surface area contributed by atoms with Gasteiger partial charge in [0, 0.05) is 12.6 Å². The lowest BCUT2D eigenvalue weighted by Gasteiger charge is -2.31. The van der Waals surface area contributed by atoms with Crippen molar-refractivity contribution in [2.24, 2.45) is 0 Å². The number of fused-ring (bicyclic) bond motifs is 1. The van der Waals surface area contributed by atoms with Gasteiger partial charge < -0.3 is 5.11 Å². The van der Waals surface area contributed by atoms with Crippen LogP contribution in [-0.4, -0.2) is 29.1 Å². The van der Waals surface area contributed by atoms with Crippen molar-refractivity contribution < 1.29 is 5.11 Å². The molecule has 2 saturated heterocycles. The van der Waals surface area contributed by atoms with Crippen molar-refractivity contribution in [1.29, 1.82) is 0 Å². The highest BCUT2D eigenvalue weighted by molar-refractivity contribution is 5.34. The Balaban J connectivity index is 2.02. The summed E-state index contributed by atoms with van der Waals surface area (Å²) in [6.07, 6.45) is 3.27. The molecule has 0 saturated carbocycles.